The molecular formula is C12H13N3O5S2. The molecule has 0 saturated carbocycles. The van der Waals surface area contributed by atoms with Gasteiger partial charge in [0.1, 0.15) is 16.6 Å². The van der Waals surface area contributed by atoms with Crippen LogP contribution < -0.4 is 10.1 Å². The van der Waals surface area contributed by atoms with E-state index in [4.69, 9.17) is 4.74 Å². The molecule has 22 heavy (non-hydrogen) atoms. The van der Waals surface area contributed by atoms with Crippen molar-refractivity contribution in [2.75, 3.05) is 24.7 Å². The number of aromatic nitrogens is 1. The van der Waals surface area contributed by atoms with Crippen LogP contribution in [0.5, 0.6) is 5.75 Å². The summed E-state index contributed by atoms with van der Waals surface area (Å²) in [6.07, 6.45) is 4.18. The normalized spacial score (nSPS) is 11.1. The van der Waals surface area contributed by atoms with Crippen LogP contribution in [-0.2, 0) is 9.84 Å². The molecule has 2 heterocycles. The maximum absolute atomic E-state index is 11.5. The third kappa shape index (κ3) is 4.15. The Hall–Kier alpha value is -2.20. The van der Waals surface area contributed by atoms with Crippen LogP contribution in [0.15, 0.2) is 34.8 Å². The first-order valence-corrected chi connectivity index (χ1v) is 8.83. The number of sulfone groups is 1. The number of nitrogens with zero attached hydrogens (tertiary/aromatic N) is 2. The van der Waals surface area contributed by atoms with Crippen molar-refractivity contribution >= 4 is 31.9 Å². The first kappa shape index (κ1) is 16.2. The van der Waals surface area contributed by atoms with Gasteiger partial charge in [0.25, 0.3) is 0 Å². The molecular weight excluding hydrogens is 330 g/mol. The third-order valence-corrected chi connectivity index (χ3v) is 5.43. The molecule has 0 bridgehead atoms. The highest BCUT2D eigenvalue weighted by atomic mass is 32.2. The maximum Gasteiger partial charge on any atom is 0.304 e. The predicted octanol–water partition coefficient (Wildman–Crippen LogP) is 1.95. The fourth-order valence-corrected chi connectivity index (χ4v) is 3.54. The van der Waals surface area contributed by atoms with E-state index in [2.05, 4.69) is 10.3 Å². The first-order valence-electron chi connectivity index (χ1n) is 6.13. The second-order valence-electron chi connectivity index (χ2n) is 4.27. The summed E-state index contributed by atoms with van der Waals surface area (Å²) in [5.41, 5.74) is -0.258. The zero-order valence-electron chi connectivity index (χ0n) is 11.6. The number of hydrogen-bond acceptors (Lipinski definition) is 8. The monoisotopic (exact) mass is 343 g/mol. The largest absolute Gasteiger partial charge is 0.490 e. The molecule has 0 saturated heterocycles. The fourth-order valence-electron chi connectivity index (χ4n) is 1.57. The lowest BCUT2D eigenvalue weighted by atomic mass is 10.4. The number of pyridine rings is 1. The van der Waals surface area contributed by atoms with Crippen LogP contribution in [0.3, 0.4) is 0 Å². The van der Waals surface area contributed by atoms with Gasteiger partial charge in [0.2, 0.25) is 0 Å². The molecule has 0 aromatic carbocycles. The van der Waals surface area contributed by atoms with E-state index >= 15 is 0 Å². The lowest BCUT2D eigenvalue weighted by molar-refractivity contribution is -0.383. The highest BCUT2D eigenvalue weighted by Gasteiger charge is 2.23. The van der Waals surface area contributed by atoms with Crippen molar-refractivity contribution in [3.8, 4) is 5.75 Å². The van der Waals surface area contributed by atoms with Crippen molar-refractivity contribution in [3.05, 3.63) is 40.7 Å². The molecule has 0 atom stereocenters. The number of hydrogen-bond donors (Lipinski definition) is 1. The highest BCUT2D eigenvalue weighted by Crippen LogP contribution is 2.36. The van der Waals surface area contributed by atoms with E-state index < -0.39 is 14.8 Å². The van der Waals surface area contributed by atoms with Gasteiger partial charge in [-0.25, -0.2) is 8.42 Å². The molecule has 10 heteroatoms. The SMILES string of the molecule is CS(=O)(=O)c1cc([N+](=O)[O-])c(NCCOc2cccnc2)s1. The van der Waals surface area contributed by atoms with E-state index in [1.54, 1.807) is 24.5 Å². The summed E-state index contributed by atoms with van der Waals surface area (Å²) in [6, 6.07) is 4.53. The average Bonchev–Trinajstić information content (AvgIpc) is 2.89. The van der Waals surface area contributed by atoms with Crippen LogP contribution in [0.25, 0.3) is 0 Å². The Bertz CT molecular complexity index is 758. The second-order valence-corrected chi connectivity index (χ2v) is 7.57. The summed E-state index contributed by atoms with van der Waals surface area (Å²) in [5, 5.41) is 14.0. The molecule has 0 fully saturated rings. The molecule has 0 unspecified atom stereocenters. The van der Waals surface area contributed by atoms with Crippen molar-refractivity contribution in [2.24, 2.45) is 0 Å². The van der Waals surface area contributed by atoms with Crippen molar-refractivity contribution in [3.63, 3.8) is 0 Å². The Balaban J connectivity index is 2.00. The molecule has 0 aliphatic carbocycles. The van der Waals surface area contributed by atoms with Gasteiger partial charge >= 0.3 is 5.69 Å². The van der Waals surface area contributed by atoms with Gasteiger partial charge in [0.05, 0.1) is 11.1 Å². The Morgan fingerprint density at radius 1 is 1.50 bits per heavy atom. The van der Waals surface area contributed by atoms with Crippen molar-refractivity contribution in [2.45, 2.75) is 4.21 Å². The molecule has 8 nitrogen and oxygen atoms in total. The molecule has 0 aliphatic heterocycles. The molecule has 1 N–H and O–H groups in total. The van der Waals surface area contributed by atoms with Gasteiger partial charge in [0.15, 0.2) is 14.8 Å². The van der Waals surface area contributed by atoms with Gasteiger partial charge < -0.3 is 10.1 Å². The minimum Gasteiger partial charge on any atom is -0.490 e. The first-order chi connectivity index (χ1) is 10.4. The lowest BCUT2D eigenvalue weighted by Gasteiger charge is -2.06. The molecule has 0 aliphatic rings. The highest BCUT2D eigenvalue weighted by molar-refractivity contribution is 7.92. The summed E-state index contributed by atoms with van der Waals surface area (Å²) in [5.74, 6) is 0.585. The number of anilines is 1. The molecule has 0 radical (unpaired) electrons. The van der Waals surface area contributed by atoms with E-state index in [0.29, 0.717) is 12.3 Å². The quantitative estimate of drug-likeness (QED) is 0.464. The molecule has 2 aromatic rings. The van der Waals surface area contributed by atoms with Crippen LogP contribution in [-0.4, -0.2) is 37.7 Å². The van der Waals surface area contributed by atoms with Crippen LogP contribution in [0.4, 0.5) is 10.7 Å². The van der Waals surface area contributed by atoms with Gasteiger partial charge in [0, 0.05) is 25.1 Å². The summed E-state index contributed by atoms with van der Waals surface area (Å²) >= 11 is 0.832. The van der Waals surface area contributed by atoms with Crippen molar-refractivity contribution in [1.29, 1.82) is 0 Å². The average molecular weight is 343 g/mol. The van der Waals surface area contributed by atoms with Crippen LogP contribution >= 0.6 is 11.3 Å². The summed E-state index contributed by atoms with van der Waals surface area (Å²) in [6.45, 7) is 0.550. The molecule has 0 spiro atoms. The van der Waals surface area contributed by atoms with Gasteiger partial charge in [-0.05, 0) is 12.1 Å². The Morgan fingerprint density at radius 2 is 2.27 bits per heavy atom. The molecule has 118 valence electrons. The zero-order chi connectivity index (χ0) is 16.2. The molecule has 0 amide bonds. The smallest absolute Gasteiger partial charge is 0.304 e. The number of thiophene rings is 1. The fraction of sp³-hybridized carbons (Fsp3) is 0.250. The summed E-state index contributed by atoms with van der Waals surface area (Å²) in [7, 11) is -3.48. The van der Waals surface area contributed by atoms with E-state index in [-0.39, 0.29) is 21.5 Å². The van der Waals surface area contributed by atoms with Crippen molar-refractivity contribution < 1.29 is 18.1 Å². The van der Waals surface area contributed by atoms with Gasteiger partial charge in [-0.3, -0.25) is 15.1 Å². The minimum absolute atomic E-state index is 0.0464. The zero-order valence-corrected chi connectivity index (χ0v) is 13.2. The van der Waals surface area contributed by atoms with Crippen LogP contribution in [0.1, 0.15) is 0 Å². The molecule has 2 aromatic heterocycles. The van der Waals surface area contributed by atoms with E-state index in [0.717, 1.165) is 23.7 Å². The van der Waals surface area contributed by atoms with E-state index in [9.17, 15) is 18.5 Å². The van der Waals surface area contributed by atoms with Gasteiger partial charge in [-0.1, -0.05) is 11.3 Å². The van der Waals surface area contributed by atoms with Crippen LogP contribution in [0.2, 0.25) is 0 Å². The standard InChI is InChI=1S/C12H13N3O5S2/c1-22(18,19)11-7-10(15(16)17)12(21-11)14-5-6-20-9-3-2-4-13-8-9/h2-4,7-8,14H,5-6H2,1H3. The van der Waals surface area contributed by atoms with Gasteiger partial charge in [-0.15, -0.1) is 0 Å². The summed E-state index contributed by atoms with van der Waals surface area (Å²) in [4.78, 5) is 14.2. The number of nitrogens with one attached hydrogen (secondary N) is 1. The van der Waals surface area contributed by atoms with Crippen molar-refractivity contribution in [1.82, 2.24) is 4.98 Å². The third-order valence-electron chi connectivity index (χ3n) is 2.54. The summed E-state index contributed by atoms with van der Waals surface area (Å²) < 4.78 is 28.3. The topological polar surface area (TPSA) is 111 Å². The maximum atomic E-state index is 11.5. The van der Waals surface area contributed by atoms with E-state index in [1.807, 2.05) is 0 Å². The number of ether oxygens (including phenoxy) is 1. The second kappa shape index (κ2) is 6.71. The number of rotatable bonds is 7. The lowest BCUT2D eigenvalue weighted by Crippen LogP contribution is -2.11. The van der Waals surface area contributed by atoms with Gasteiger partial charge in [-0.2, -0.15) is 0 Å². The molecule has 2 rings (SSSR count). The van der Waals surface area contributed by atoms with E-state index in [1.165, 1.54) is 0 Å². The predicted molar refractivity (Wildman–Crippen MR) is 82.3 cm³/mol. The Morgan fingerprint density at radius 3 is 2.86 bits per heavy atom. The Kier molecular flexibility index (Phi) is 4.93. The number of nitro groups is 1. The minimum atomic E-state index is -3.48. The Labute approximate surface area is 130 Å². The van der Waals surface area contributed by atoms with Crippen LogP contribution in [0, 0.1) is 10.1 Å².